The lowest BCUT2D eigenvalue weighted by Gasteiger charge is -2.25. The lowest BCUT2D eigenvalue weighted by molar-refractivity contribution is 0.0403. The van der Waals surface area contributed by atoms with Crippen molar-refractivity contribution in [3.63, 3.8) is 0 Å². The van der Waals surface area contributed by atoms with E-state index in [-0.39, 0.29) is 18.4 Å². The van der Waals surface area contributed by atoms with Gasteiger partial charge in [-0.1, -0.05) is 24.3 Å². The first-order chi connectivity index (χ1) is 21.6. The molecule has 1 saturated carbocycles. The van der Waals surface area contributed by atoms with Crippen molar-refractivity contribution >= 4 is 32.6 Å². The number of hydrogen-bond donors (Lipinski definition) is 2. The van der Waals surface area contributed by atoms with E-state index in [0.717, 1.165) is 29.5 Å². The van der Waals surface area contributed by atoms with Crippen molar-refractivity contribution < 1.29 is 36.6 Å². The molecule has 5 rings (SSSR count). The van der Waals surface area contributed by atoms with Crippen LogP contribution < -0.4 is 9.62 Å². The van der Waals surface area contributed by atoms with Crippen LogP contribution in [0.5, 0.6) is 0 Å². The lowest BCUT2D eigenvalue weighted by Crippen LogP contribution is -2.32. The van der Waals surface area contributed by atoms with Crippen LogP contribution in [-0.2, 0) is 26.1 Å². The lowest BCUT2D eigenvalue weighted by atomic mass is 10.0. The van der Waals surface area contributed by atoms with Gasteiger partial charge in [0.05, 0.1) is 43.4 Å². The fourth-order valence-electron chi connectivity index (χ4n) is 5.37. The number of benzene rings is 3. The minimum absolute atomic E-state index is 0.171. The Morgan fingerprint density at radius 3 is 2.49 bits per heavy atom. The molecule has 9 nitrogen and oxygen atoms in total. The van der Waals surface area contributed by atoms with E-state index in [1.807, 2.05) is 30.3 Å². The Balaban J connectivity index is 1.29. The zero-order valence-corrected chi connectivity index (χ0v) is 26.5. The number of ether oxygens (including phenoxy) is 2. The van der Waals surface area contributed by atoms with Gasteiger partial charge in [-0.05, 0) is 79.1 Å². The Hall–Kier alpha value is -3.77. The molecule has 45 heavy (non-hydrogen) atoms. The van der Waals surface area contributed by atoms with Crippen molar-refractivity contribution in [2.75, 3.05) is 44.0 Å². The summed E-state index contributed by atoms with van der Waals surface area (Å²) in [6, 6.07) is 16.9. The average molecular weight is 639 g/mol. The minimum atomic E-state index is -3.67. The van der Waals surface area contributed by atoms with Crippen LogP contribution in [0.4, 0.5) is 10.1 Å². The maximum absolute atomic E-state index is 13.6. The van der Waals surface area contributed by atoms with Gasteiger partial charge >= 0.3 is 0 Å². The molecule has 0 aliphatic heterocycles. The zero-order valence-electron chi connectivity index (χ0n) is 25.7. The van der Waals surface area contributed by atoms with E-state index in [2.05, 4.69) is 5.32 Å². The van der Waals surface area contributed by atoms with Gasteiger partial charge in [0.1, 0.15) is 17.2 Å². The number of amides is 1. The van der Waals surface area contributed by atoms with Crippen molar-refractivity contribution in [2.24, 2.45) is 0 Å². The molecule has 240 valence electrons. The average Bonchev–Trinajstić information content (AvgIpc) is 3.79. The van der Waals surface area contributed by atoms with Gasteiger partial charge in [-0.3, -0.25) is 9.10 Å². The van der Waals surface area contributed by atoms with E-state index >= 15 is 0 Å². The molecule has 1 heterocycles. The largest absolute Gasteiger partial charge is 0.455 e. The van der Waals surface area contributed by atoms with E-state index in [0.29, 0.717) is 66.4 Å². The van der Waals surface area contributed by atoms with Crippen molar-refractivity contribution in [1.82, 2.24) is 5.32 Å². The molecule has 1 fully saturated rings. The second-order valence-corrected chi connectivity index (χ2v) is 13.3. The van der Waals surface area contributed by atoms with E-state index in [9.17, 15) is 22.7 Å². The number of nitrogens with zero attached hydrogens (tertiary/aromatic N) is 1. The molecular weight excluding hydrogens is 599 g/mol. The number of halogens is 1. The second kappa shape index (κ2) is 14.1. The number of carbonyl (C=O) groups excluding carboxylic acids is 1. The number of hydrogen-bond acceptors (Lipinski definition) is 7. The summed E-state index contributed by atoms with van der Waals surface area (Å²) in [4.78, 5) is 13.0. The van der Waals surface area contributed by atoms with Crippen molar-refractivity contribution in [3.05, 3.63) is 88.7 Å². The third-order valence-corrected chi connectivity index (χ3v) is 8.99. The van der Waals surface area contributed by atoms with E-state index in [4.69, 9.17) is 13.9 Å². The van der Waals surface area contributed by atoms with Crippen LogP contribution in [0.1, 0.15) is 65.3 Å². The molecule has 1 unspecified atom stereocenters. The van der Waals surface area contributed by atoms with Crippen LogP contribution in [0.15, 0.2) is 65.1 Å². The van der Waals surface area contributed by atoms with E-state index in [1.165, 1.54) is 29.7 Å². The summed E-state index contributed by atoms with van der Waals surface area (Å²) in [5.74, 6) is -0.295. The summed E-state index contributed by atoms with van der Waals surface area (Å²) < 4.78 is 58.8. The van der Waals surface area contributed by atoms with Crippen molar-refractivity contribution in [1.29, 1.82) is 0 Å². The molecule has 1 aromatic heterocycles. The highest BCUT2D eigenvalue weighted by Gasteiger charge is 2.33. The van der Waals surface area contributed by atoms with Gasteiger partial charge in [-0.2, -0.15) is 0 Å². The van der Waals surface area contributed by atoms with E-state index in [1.54, 1.807) is 25.1 Å². The Kier molecular flexibility index (Phi) is 10.2. The summed E-state index contributed by atoms with van der Waals surface area (Å²) in [5.41, 5.74) is 4.40. The number of rotatable bonds is 15. The number of nitrogens with one attached hydrogen (secondary N) is 1. The molecule has 2 N–H and O–H groups in total. The molecule has 1 aliphatic rings. The summed E-state index contributed by atoms with van der Waals surface area (Å²) >= 11 is 0. The molecule has 11 heteroatoms. The Labute approximate surface area is 263 Å². The van der Waals surface area contributed by atoms with Crippen LogP contribution in [0.25, 0.3) is 22.3 Å². The number of aliphatic hydroxyl groups excluding tert-OH is 1. The van der Waals surface area contributed by atoms with Gasteiger partial charge in [0.2, 0.25) is 10.0 Å². The maximum Gasteiger partial charge on any atom is 0.255 e. The predicted octanol–water partition coefficient (Wildman–Crippen LogP) is 5.92. The van der Waals surface area contributed by atoms with Gasteiger partial charge in [0, 0.05) is 37.2 Å². The number of furan rings is 1. The first-order valence-corrected chi connectivity index (χ1v) is 16.9. The number of fused-ring (bicyclic) bond motifs is 1. The van der Waals surface area contributed by atoms with Gasteiger partial charge in [0.15, 0.2) is 0 Å². The highest BCUT2D eigenvalue weighted by Crippen LogP contribution is 2.48. The molecule has 3 aromatic carbocycles. The van der Waals surface area contributed by atoms with Crippen LogP contribution >= 0.6 is 0 Å². The highest BCUT2D eigenvalue weighted by molar-refractivity contribution is 7.92. The summed E-state index contributed by atoms with van der Waals surface area (Å²) in [6.45, 7) is 3.38. The number of carbonyl (C=O) groups is 1. The van der Waals surface area contributed by atoms with Crippen LogP contribution in [0, 0.1) is 5.82 Å². The van der Waals surface area contributed by atoms with E-state index < -0.39 is 21.9 Å². The quantitative estimate of drug-likeness (QED) is 0.155. The molecule has 0 bridgehead atoms. The standard InChI is InChI=1S/C34H39FN2O7S/c1-22(38)26-7-4-6-23(18-26)21-43-17-16-42-15-5-14-37(45(3,40)41)30-20-31-29(19-28(30)24-8-9-24)32(34(39)36-2)33(44-31)25-10-12-27(35)13-11-25/h4,6-7,10-13,18-20,22,24,38H,5,8-9,14-17,21H2,1-3H3,(H,36,39). The third-order valence-electron chi connectivity index (χ3n) is 7.81. The molecule has 0 saturated heterocycles. The van der Waals surface area contributed by atoms with Crippen molar-refractivity contribution in [2.45, 2.75) is 44.8 Å². The summed E-state index contributed by atoms with van der Waals surface area (Å²) in [6.07, 6.45) is 2.92. The third kappa shape index (κ3) is 7.91. The van der Waals surface area contributed by atoms with Crippen LogP contribution in [-0.4, -0.2) is 59.1 Å². The number of aliphatic hydroxyl groups is 1. The fraction of sp³-hybridized carbons (Fsp3) is 0.382. The molecule has 0 spiro atoms. The monoisotopic (exact) mass is 638 g/mol. The Morgan fingerprint density at radius 1 is 1.09 bits per heavy atom. The molecular formula is C34H39FN2O7S. The SMILES string of the molecule is CNC(=O)c1c(-c2ccc(F)cc2)oc2cc(N(CCCOCCOCc3cccc(C(C)O)c3)S(C)(=O)=O)c(C3CC3)cc12. The number of sulfonamides is 1. The van der Waals surface area contributed by atoms with Gasteiger partial charge in [-0.25, -0.2) is 12.8 Å². The van der Waals surface area contributed by atoms with Gasteiger partial charge in [-0.15, -0.1) is 0 Å². The zero-order chi connectivity index (χ0) is 32.1. The maximum atomic E-state index is 13.6. The predicted molar refractivity (Wildman–Crippen MR) is 171 cm³/mol. The summed E-state index contributed by atoms with van der Waals surface area (Å²) in [7, 11) is -2.13. The molecule has 1 amide bonds. The minimum Gasteiger partial charge on any atom is -0.455 e. The first kappa shape index (κ1) is 32.6. The molecule has 0 radical (unpaired) electrons. The van der Waals surface area contributed by atoms with Gasteiger partial charge in [0.25, 0.3) is 5.91 Å². The van der Waals surface area contributed by atoms with Crippen LogP contribution in [0.2, 0.25) is 0 Å². The normalized spacial score (nSPS) is 14.1. The van der Waals surface area contributed by atoms with Crippen molar-refractivity contribution in [3.8, 4) is 11.3 Å². The Morgan fingerprint density at radius 2 is 1.82 bits per heavy atom. The van der Waals surface area contributed by atoms with Gasteiger partial charge < -0.3 is 24.3 Å². The topological polar surface area (TPSA) is 118 Å². The molecule has 1 aliphatic carbocycles. The second-order valence-electron chi connectivity index (χ2n) is 11.3. The number of anilines is 1. The van der Waals surface area contributed by atoms with Crippen LogP contribution in [0.3, 0.4) is 0 Å². The summed E-state index contributed by atoms with van der Waals surface area (Å²) in [5, 5.41) is 13.0. The Bertz CT molecular complexity index is 1750. The molecule has 4 aromatic rings. The first-order valence-electron chi connectivity index (χ1n) is 15.1. The molecule has 1 atom stereocenters. The highest BCUT2D eigenvalue weighted by atomic mass is 32.2. The smallest absolute Gasteiger partial charge is 0.255 e. The fourth-order valence-corrected chi connectivity index (χ4v) is 6.35.